The molecule has 1 aromatic heterocycles. The number of rotatable bonds is 6. The van der Waals surface area contributed by atoms with Crippen molar-refractivity contribution in [2.24, 2.45) is 0 Å². The molecule has 0 bridgehead atoms. The summed E-state index contributed by atoms with van der Waals surface area (Å²) >= 11 is 1.28. The molecule has 1 N–H and O–H groups in total. The van der Waals surface area contributed by atoms with Crippen molar-refractivity contribution in [1.82, 2.24) is 4.98 Å². The van der Waals surface area contributed by atoms with E-state index in [1.54, 1.807) is 16.3 Å². The molecule has 3 rings (SSSR count). The molecule has 0 aliphatic rings. The fourth-order valence-corrected chi connectivity index (χ4v) is 3.82. The number of benzene rings is 2. The maximum atomic E-state index is 12.3. The monoisotopic (exact) mass is 426 g/mol. The number of aromatic nitrogens is 1. The zero-order valence-electron chi connectivity index (χ0n) is 17.1. The van der Waals surface area contributed by atoms with Gasteiger partial charge in [-0.3, -0.25) is 9.69 Å². The number of phenols is 1. The Kier molecular flexibility index (Phi) is 6.37. The Morgan fingerprint density at radius 3 is 2.60 bits per heavy atom. The predicted molar refractivity (Wildman–Crippen MR) is 115 cm³/mol. The molecule has 0 unspecified atom stereocenters. The number of phenolic OH excluding ortho intramolecular Hbond substituents is 1. The molecule has 0 saturated carbocycles. The van der Waals surface area contributed by atoms with Gasteiger partial charge in [0.05, 0.1) is 18.5 Å². The predicted octanol–water partition coefficient (Wildman–Crippen LogP) is 4.52. The highest BCUT2D eigenvalue weighted by atomic mass is 32.1. The van der Waals surface area contributed by atoms with Gasteiger partial charge in [0.2, 0.25) is 5.91 Å². The normalized spacial score (nSPS) is 10.5. The number of amides is 1. The van der Waals surface area contributed by atoms with E-state index in [2.05, 4.69) is 4.98 Å². The average Bonchev–Trinajstić information content (AvgIpc) is 3.16. The minimum absolute atomic E-state index is 0.00504. The second kappa shape index (κ2) is 8.96. The molecule has 7 nitrogen and oxygen atoms in total. The molecule has 30 heavy (non-hydrogen) atoms. The van der Waals surface area contributed by atoms with Crippen molar-refractivity contribution in [3.8, 4) is 11.5 Å². The van der Waals surface area contributed by atoms with Gasteiger partial charge >= 0.3 is 5.97 Å². The van der Waals surface area contributed by atoms with Crippen molar-refractivity contribution in [3.63, 3.8) is 0 Å². The number of thiazole rings is 1. The van der Waals surface area contributed by atoms with E-state index in [-0.39, 0.29) is 23.8 Å². The molecule has 0 aliphatic carbocycles. The number of carbonyl (C=O) groups excluding carboxylic acids is 2. The first kappa shape index (κ1) is 21.3. The Balaban J connectivity index is 1.77. The Morgan fingerprint density at radius 1 is 1.17 bits per heavy atom. The third-order valence-corrected chi connectivity index (χ3v) is 5.29. The summed E-state index contributed by atoms with van der Waals surface area (Å²) < 4.78 is 10.3. The molecule has 0 atom stereocenters. The van der Waals surface area contributed by atoms with Crippen LogP contribution in [0.5, 0.6) is 11.5 Å². The maximum absolute atomic E-state index is 12.3. The van der Waals surface area contributed by atoms with E-state index in [1.807, 2.05) is 32.0 Å². The number of nitrogens with zero attached hydrogens (tertiary/aromatic N) is 2. The van der Waals surface area contributed by atoms with E-state index in [9.17, 15) is 14.7 Å². The van der Waals surface area contributed by atoms with E-state index < -0.39 is 5.97 Å². The highest BCUT2D eigenvalue weighted by Gasteiger charge is 2.21. The largest absolute Gasteiger partial charge is 0.507 e. The SMILES string of the molecule is COc1ccc(O)c(C(=O)OCc2csc(N(C(C)=O)c3ccc(C)cc3C)n2)c1. The summed E-state index contributed by atoms with van der Waals surface area (Å²) in [6, 6.07) is 10.1. The van der Waals surface area contributed by atoms with E-state index in [0.29, 0.717) is 16.6 Å². The lowest BCUT2D eigenvalue weighted by atomic mass is 10.1. The van der Waals surface area contributed by atoms with Crippen molar-refractivity contribution in [2.45, 2.75) is 27.4 Å². The van der Waals surface area contributed by atoms with E-state index in [0.717, 1.165) is 16.8 Å². The number of aryl methyl sites for hydroxylation is 2. The molecule has 8 heteroatoms. The first-order chi connectivity index (χ1) is 14.3. The lowest BCUT2D eigenvalue weighted by molar-refractivity contribution is -0.115. The number of esters is 1. The van der Waals surface area contributed by atoms with E-state index in [1.165, 1.54) is 37.5 Å². The van der Waals surface area contributed by atoms with Crippen LogP contribution in [0.3, 0.4) is 0 Å². The number of ether oxygens (including phenoxy) is 2. The van der Waals surface area contributed by atoms with E-state index in [4.69, 9.17) is 9.47 Å². The lowest BCUT2D eigenvalue weighted by Crippen LogP contribution is -2.23. The lowest BCUT2D eigenvalue weighted by Gasteiger charge is -2.20. The van der Waals surface area contributed by atoms with Crippen molar-refractivity contribution >= 4 is 34.0 Å². The minimum Gasteiger partial charge on any atom is -0.507 e. The molecule has 0 spiro atoms. The molecule has 3 aromatic rings. The Bertz CT molecular complexity index is 1090. The van der Waals surface area contributed by atoms with Gasteiger partial charge in [0, 0.05) is 12.3 Å². The molecule has 156 valence electrons. The second-order valence-electron chi connectivity index (χ2n) is 6.72. The van der Waals surface area contributed by atoms with E-state index >= 15 is 0 Å². The van der Waals surface area contributed by atoms with Crippen molar-refractivity contribution < 1.29 is 24.2 Å². The molecule has 0 fully saturated rings. The van der Waals surface area contributed by atoms with Gasteiger partial charge in [-0.05, 0) is 43.7 Å². The molecule has 0 saturated heterocycles. The molecule has 2 aromatic carbocycles. The summed E-state index contributed by atoms with van der Waals surface area (Å²) in [6.07, 6.45) is 0. The van der Waals surface area contributed by atoms with Gasteiger partial charge in [0.1, 0.15) is 23.7 Å². The number of hydrogen-bond donors (Lipinski definition) is 1. The average molecular weight is 426 g/mol. The van der Waals surface area contributed by atoms with Gasteiger partial charge in [-0.2, -0.15) is 0 Å². The van der Waals surface area contributed by atoms with Crippen molar-refractivity contribution in [2.75, 3.05) is 12.0 Å². The first-order valence-electron chi connectivity index (χ1n) is 9.16. The highest BCUT2D eigenvalue weighted by Crippen LogP contribution is 2.32. The van der Waals surface area contributed by atoms with Gasteiger partial charge < -0.3 is 14.6 Å². The number of anilines is 2. The fraction of sp³-hybridized carbons (Fsp3) is 0.227. The smallest absolute Gasteiger partial charge is 0.342 e. The Morgan fingerprint density at radius 2 is 1.93 bits per heavy atom. The third-order valence-electron chi connectivity index (χ3n) is 4.41. The highest BCUT2D eigenvalue weighted by molar-refractivity contribution is 7.14. The first-order valence-corrected chi connectivity index (χ1v) is 10.0. The summed E-state index contributed by atoms with van der Waals surface area (Å²) in [5.41, 5.74) is 3.33. The van der Waals surface area contributed by atoms with Crippen LogP contribution in [-0.4, -0.2) is 29.1 Å². The van der Waals surface area contributed by atoms with Crippen LogP contribution in [0.2, 0.25) is 0 Å². The van der Waals surface area contributed by atoms with Crippen LogP contribution in [0.4, 0.5) is 10.8 Å². The summed E-state index contributed by atoms with van der Waals surface area (Å²) in [5.74, 6) is -0.626. The van der Waals surface area contributed by atoms with Crippen molar-refractivity contribution in [3.05, 3.63) is 64.2 Å². The molecule has 0 radical (unpaired) electrons. The summed E-state index contributed by atoms with van der Waals surface area (Å²) in [4.78, 5) is 30.6. The molecule has 1 amide bonds. The number of carbonyl (C=O) groups is 2. The quantitative estimate of drug-likeness (QED) is 0.583. The van der Waals surface area contributed by atoms with Gasteiger partial charge in [-0.15, -0.1) is 11.3 Å². The second-order valence-corrected chi connectivity index (χ2v) is 7.56. The standard InChI is InChI=1S/C22H22N2O5S/c1-13-5-7-19(14(2)9-13)24(15(3)25)22-23-16(12-30-22)11-29-21(27)18-10-17(28-4)6-8-20(18)26/h5-10,12,26H,11H2,1-4H3. The number of methoxy groups -OCH3 is 1. The van der Waals surface area contributed by atoms with Crippen LogP contribution in [-0.2, 0) is 16.1 Å². The summed E-state index contributed by atoms with van der Waals surface area (Å²) in [6.45, 7) is 5.32. The van der Waals surface area contributed by atoms with Gasteiger partial charge in [0.25, 0.3) is 0 Å². The summed E-state index contributed by atoms with van der Waals surface area (Å²) in [7, 11) is 1.47. The Hall–Kier alpha value is -3.39. The Labute approximate surface area is 178 Å². The number of hydrogen-bond acceptors (Lipinski definition) is 7. The van der Waals surface area contributed by atoms with Crippen molar-refractivity contribution in [1.29, 1.82) is 0 Å². The molecular formula is C22H22N2O5S. The molecular weight excluding hydrogens is 404 g/mol. The molecule has 0 aliphatic heterocycles. The molecule has 1 heterocycles. The summed E-state index contributed by atoms with van der Waals surface area (Å²) in [5, 5.41) is 12.1. The van der Waals surface area contributed by atoms with Crippen LogP contribution in [0.25, 0.3) is 0 Å². The van der Waals surface area contributed by atoms with Gasteiger partial charge in [0.15, 0.2) is 5.13 Å². The van der Waals surface area contributed by atoms with Crippen LogP contribution >= 0.6 is 11.3 Å². The van der Waals surface area contributed by atoms with Crippen LogP contribution in [0.1, 0.15) is 34.1 Å². The zero-order chi connectivity index (χ0) is 21.8. The minimum atomic E-state index is -0.696. The van der Waals surface area contributed by atoms with Crippen LogP contribution in [0.15, 0.2) is 41.8 Å². The topological polar surface area (TPSA) is 89.0 Å². The fourth-order valence-electron chi connectivity index (χ4n) is 2.95. The van der Waals surface area contributed by atoms with Crippen LogP contribution in [0, 0.1) is 13.8 Å². The van der Waals surface area contributed by atoms with Gasteiger partial charge in [-0.25, -0.2) is 9.78 Å². The maximum Gasteiger partial charge on any atom is 0.342 e. The van der Waals surface area contributed by atoms with Gasteiger partial charge in [-0.1, -0.05) is 17.7 Å². The van der Waals surface area contributed by atoms with Crippen LogP contribution < -0.4 is 9.64 Å². The zero-order valence-corrected chi connectivity index (χ0v) is 17.9. The number of aromatic hydroxyl groups is 1. The third kappa shape index (κ3) is 4.60.